The number of rotatable bonds is 4. The second-order valence-corrected chi connectivity index (χ2v) is 5.98. The van der Waals surface area contributed by atoms with Crippen molar-refractivity contribution in [2.75, 3.05) is 25.1 Å². The Kier molecular flexibility index (Phi) is 4.08. The van der Waals surface area contributed by atoms with Crippen LogP contribution in [0, 0.1) is 5.92 Å². The first-order valence-electron chi connectivity index (χ1n) is 8.08. The van der Waals surface area contributed by atoms with Crippen molar-refractivity contribution in [1.82, 2.24) is 9.78 Å². The van der Waals surface area contributed by atoms with Crippen LogP contribution in [-0.4, -0.2) is 41.6 Å². The molecule has 1 aromatic carbocycles. The molecule has 2 aliphatic heterocycles. The lowest BCUT2D eigenvalue weighted by Crippen LogP contribution is -2.40. The number of hydrogen-bond donors (Lipinski definition) is 1. The molecule has 2 atom stereocenters. The van der Waals surface area contributed by atoms with Crippen LogP contribution in [0.2, 0.25) is 0 Å². The number of benzene rings is 1. The lowest BCUT2D eigenvalue weighted by molar-refractivity contribution is -0.125. The molecule has 126 valence electrons. The quantitative estimate of drug-likeness (QED) is 0.924. The summed E-state index contributed by atoms with van der Waals surface area (Å²) in [5.41, 5.74) is 0. The zero-order valence-electron chi connectivity index (χ0n) is 13.2. The molecule has 4 rings (SSSR count). The second-order valence-electron chi connectivity index (χ2n) is 5.98. The topological polar surface area (TPSA) is 74.6 Å². The Bertz CT molecular complexity index is 724. The van der Waals surface area contributed by atoms with Gasteiger partial charge in [-0.25, -0.2) is 4.68 Å². The fraction of sp³-hybridized carbons (Fsp3) is 0.412. The summed E-state index contributed by atoms with van der Waals surface area (Å²) in [6, 6.07) is 9.11. The molecule has 0 spiro atoms. The number of anilines is 1. The van der Waals surface area contributed by atoms with Gasteiger partial charge in [0.25, 0.3) is 5.91 Å². The molecule has 1 saturated heterocycles. The fourth-order valence-electron chi connectivity index (χ4n) is 2.91. The van der Waals surface area contributed by atoms with E-state index in [9.17, 15) is 4.79 Å². The molecule has 0 unspecified atom stereocenters. The molecule has 0 aliphatic carbocycles. The number of amides is 1. The summed E-state index contributed by atoms with van der Waals surface area (Å²) in [6.45, 7) is 2.45. The van der Waals surface area contributed by atoms with E-state index >= 15 is 0 Å². The molecule has 7 nitrogen and oxygen atoms in total. The highest BCUT2D eigenvalue weighted by Crippen LogP contribution is 2.31. The summed E-state index contributed by atoms with van der Waals surface area (Å²) in [4.78, 5) is 12.5. The molecular weight excluding hydrogens is 310 g/mol. The van der Waals surface area contributed by atoms with E-state index in [0.717, 1.165) is 26.2 Å². The lowest BCUT2D eigenvalue weighted by Gasteiger charge is -2.25. The molecule has 1 aromatic heterocycles. The molecular formula is C17H19N3O4. The Morgan fingerprint density at radius 1 is 1.25 bits per heavy atom. The van der Waals surface area contributed by atoms with Gasteiger partial charge in [-0.1, -0.05) is 12.1 Å². The Morgan fingerprint density at radius 2 is 2.12 bits per heavy atom. The van der Waals surface area contributed by atoms with Gasteiger partial charge in [-0.15, -0.1) is 0 Å². The number of aromatic nitrogens is 2. The number of hydrogen-bond acceptors (Lipinski definition) is 5. The van der Waals surface area contributed by atoms with Gasteiger partial charge in [-0.05, 0) is 18.6 Å². The van der Waals surface area contributed by atoms with Gasteiger partial charge < -0.3 is 19.5 Å². The second kappa shape index (κ2) is 6.52. The van der Waals surface area contributed by atoms with Gasteiger partial charge in [0.1, 0.15) is 12.4 Å². The standard InChI is InChI=1S/C17H19N3O4/c21-17(15-11-23-13-3-1-2-4-14(13)24-15)19-16-5-7-18-20(16)9-12-6-8-22-10-12/h1-5,7,12,15H,6,8-11H2,(H,19,21)/t12-,15+/m0/s1. The Morgan fingerprint density at radius 3 is 2.96 bits per heavy atom. The number of nitrogens with zero attached hydrogens (tertiary/aromatic N) is 2. The zero-order chi connectivity index (χ0) is 16.4. The minimum absolute atomic E-state index is 0.188. The third-order valence-electron chi connectivity index (χ3n) is 4.22. The fourth-order valence-corrected chi connectivity index (χ4v) is 2.91. The maximum absolute atomic E-state index is 12.5. The molecule has 0 radical (unpaired) electrons. The highest BCUT2D eigenvalue weighted by molar-refractivity contribution is 5.94. The number of carbonyl (C=O) groups excluding carboxylic acids is 1. The van der Waals surface area contributed by atoms with Crippen LogP contribution in [-0.2, 0) is 16.1 Å². The van der Waals surface area contributed by atoms with E-state index in [-0.39, 0.29) is 12.5 Å². The maximum Gasteiger partial charge on any atom is 0.270 e. The molecule has 1 fully saturated rings. The van der Waals surface area contributed by atoms with E-state index in [2.05, 4.69) is 10.4 Å². The predicted octanol–water partition coefficient (Wildman–Crippen LogP) is 1.70. The number of fused-ring (bicyclic) bond motifs is 1. The van der Waals surface area contributed by atoms with Crippen LogP contribution in [0.5, 0.6) is 11.5 Å². The van der Waals surface area contributed by atoms with E-state index in [1.807, 2.05) is 18.2 Å². The molecule has 2 aliphatic rings. The summed E-state index contributed by atoms with van der Waals surface area (Å²) in [7, 11) is 0. The van der Waals surface area contributed by atoms with Crippen LogP contribution in [0.1, 0.15) is 6.42 Å². The third-order valence-corrected chi connectivity index (χ3v) is 4.22. The first-order chi connectivity index (χ1) is 11.8. The Hall–Kier alpha value is -2.54. The average Bonchev–Trinajstić information content (AvgIpc) is 3.27. The number of carbonyl (C=O) groups is 1. The molecule has 1 amide bonds. The van der Waals surface area contributed by atoms with Crippen LogP contribution >= 0.6 is 0 Å². The lowest BCUT2D eigenvalue weighted by atomic mass is 10.1. The van der Waals surface area contributed by atoms with Crippen molar-refractivity contribution in [2.45, 2.75) is 19.1 Å². The number of nitrogens with one attached hydrogen (secondary N) is 1. The number of ether oxygens (including phenoxy) is 3. The SMILES string of the molecule is O=C(Nc1ccnn1C[C@@H]1CCOC1)[C@H]1COc2ccccc2O1. The maximum atomic E-state index is 12.5. The normalized spacial score (nSPS) is 22.3. The van der Waals surface area contributed by atoms with Crippen molar-refractivity contribution in [2.24, 2.45) is 5.92 Å². The van der Waals surface area contributed by atoms with E-state index in [0.29, 0.717) is 23.2 Å². The van der Waals surface area contributed by atoms with Crippen molar-refractivity contribution < 1.29 is 19.0 Å². The van der Waals surface area contributed by atoms with E-state index in [4.69, 9.17) is 14.2 Å². The van der Waals surface area contributed by atoms with Gasteiger partial charge in [0.05, 0.1) is 12.8 Å². The Labute approximate surface area is 139 Å². The minimum Gasteiger partial charge on any atom is -0.485 e. The van der Waals surface area contributed by atoms with Gasteiger partial charge in [-0.3, -0.25) is 4.79 Å². The van der Waals surface area contributed by atoms with Crippen LogP contribution < -0.4 is 14.8 Å². The summed E-state index contributed by atoms with van der Waals surface area (Å²) < 4.78 is 18.5. The highest BCUT2D eigenvalue weighted by Gasteiger charge is 2.28. The van der Waals surface area contributed by atoms with Crippen molar-refractivity contribution in [3.8, 4) is 11.5 Å². The van der Waals surface area contributed by atoms with Gasteiger partial charge in [0, 0.05) is 25.1 Å². The van der Waals surface area contributed by atoms with Crippen molar-refractivity contribution in [3.63, 3.8) is 0 Å². The van der Waals surface area contributed by atoms with E-state index in [1.165, 1.54) is 0 Å². The monoisotopic (exact) mass is 329 g/mol. The molecule has 24 heavy (non-hydrogen) atoms. The van der Waals surface area contributed by atoms with Crippen molar-refractivity contribution in [3.05, 3.63) is 36.5 Å². The third kappa shape index (κ3) is 3.07. The molecule has 1 N–H and O–H groups in total. The van der Waals surface area contributed by atoms with Crippen LogP contribution in [0.15, 0.2) is 36.5 Å². The largest absolute Gasteiger partial charge is 0.485 e. The molecule has 3 heterocycles. The summed E-state index contributed by atoms with van der Waals surface area (Å²) in [5.74, 6) is 2.10. The minimum atomic E-state index is -0.682. The van der Waals surface area contributed by atoms with Crippen molar-refractivity contribution in [1.29, 1.82) is 0 Å². The predicted molar refractivity (Wildman–Crippen MR) is 86.1 cm³/mol. The zero-order valence-corrected chi connectivity index (χ0v) is 13.2. The highest BCUT2D eigenvalue weighted by atomic mass is 16.6. The summed E-state index contributed by atoms with van der Waals surface area (Å²) >= 11 is 0. The summed E-state index contributed by atoms with van der Waals surface area (Å²) in [6.07, 6.45) is 2.01. The van der Waals surface area contributed by atoms with Gasteiger partial charge in [-0.2, -0.15) is 5.10 Å². The first kappa shape index (κ1) is 15.0. The van der Waals surface area contributed by atoms with Crippen LogP contribution in [0.3, 0.4) is 0 Å². The van der Waals surface area contributed by atoms with E-state index in [1.54, 1.807) is 23.0 Å². The summed E-state index contributed by atoms with van der Waals surface area (Å²) in [5, 5.41) is 7.17. The first-order valence-corrected chi connectivity index (χ1v) is 8.08. The number of para-hydroxylation sites is 2. The van der Waals surface area contributed by atoms with Gasteiger partial charge >= 0.3 is 0 Å². The average molecular weight is 329 g/mol. The molecule has 0 saturated carbocycles. The smallest absolute Gasteiger partial charge is 0.270 e. The van der Waals surface area contributed by atoms with Crippen molar-refractivity contribution >= 4 is 11.7 Å². The van der Waals surface area contributed by atoms with Crippen LogP contribution in [0.4, 0.5) is 5.82 Å². The van der Waals surface area contributed by atoms with E-state index < -0.39 is 6.10 Å². The Balaban J connectivity index is 1.41. The van der Waals surface area contributed by atoms with Gasteiger partial charge in [0.2, 0.25) is 6.10 Å². The molecule has 2 aromatic rings. The van der Waals surface area contributed by atoms with Gasteiger partial charge in [0.15, 0.2) is 11.5 Å². The molecule has 7 heteroatoms. The van der Waals surface area contributed by atoms with Crippen LogP contribution in [0.25, 0.3) is 0 Å². The molecule has 0 bridgehead atoms.